The van der Waals surface area contributed by atoms with Gasteiger partial charge in [-0.3, -0.25) is 9.59 Å². The van der Waals surface area contributed by atoms with Gasteiger partial charge in [0.2, 0.25) is 5.91 Å². The van der Waals surface area contributed by atoms with E-state index in [9.17, 15) is 19.5 Å². The van der Waals surface area contributed by atoms with Gasteiger partial charge in [-0.15, -0.1) is 0 Å². The van der Waals surface area contributed by atoms with Crippen LogP contribution >= 0.6 is 0 Å². The zero-order valence-electron chi connectivity index (χ0n) is 15.3. The number of carboxylic acid groups (broad SMARTS) is 1. The van der Waals surface area contributed by atoms with Gasteiger partial charge >= 0.3 is 5.97 Å². The first kappa shape index (κ1) is 19.9. The Morgan fingerprint density at radius 3 is 2.38 bits per heavy atom. The summed E-state index contributed by atoms with van der Waals surface area (Å²) in [5.74, 6) is -0.840. The summed E-state index contributed by atoms with van der Waals surface area (Å²) >= 11 is 0. The summed E-state index contributed by atoms with van der Waals surface area (Å²) in [7, 11) is 0. The second-order valence-electron chi connectivity index (χ2n) is 7.01. The molecular weight excluding hydrogens is 332 g/mol. The molecule has 2 rings (SSSR count). The third-order valence-electron chi connectivity index (χ3n) is 5.23. The van der Waals surface area contributed by atoms with Gasteiger partial charge in [0.05, 0.1) is 0 Å². The van der Waals surface area contributed by atoms with Crippen LogP contribution in [0.4, 0.5) is 0 Å². The van der Waals surface area contributed by atoms with E-state index in [1.54, 1.807) is 24.3 Å². The van der Waals surface area contributed by atoms with Gasteiger partial charge in [0.25, 0.3) is 5.91 Å². The average Bonchev–Trinajstić information content (AvgIpc) is 2.66. The predicted octanol–water partition coefficient (Wildman–Crippen LogP) is 2.74. The topological polar surface area (TPSA) is 95.5 Å². The first-order chi connectivity index (χ1) is 12.5. The lowest BCUT2D eigenvalue weighted by atomic mass is 9.75. The number of carboxylic acids is 1. The monoisotopic (exact) mass is 360 g/mol. The molecule has 1 aromatic rings. The van der Waals surface area contributed by atoms with Gasteiger partial charge in [0.1, 0.15) is 5.54 Å². The molecule has 0 radical (unpaired) electrons. The van der Waals surface area contributed by atoms with E-state index in [4.69, 9.17) is 0 Å². The SMILES string of the molecule is CCC1CCC(NC(=O)CCCNC(=O)c2ccccc2)(C(=O)O)CC1. The zero-order chi connectivity index (χ0) is 19.0. The van der Waals surface area contributed by atoms with E-state index >= 15 is 0 Å². The smallest absolute Gasteiger partial charge is 0.329 e. The number of carbonyl (C=O) groups excluding carboxylic acids is 2. The van der Waals surface area contributed by atoms with Crippen LogP contribution in [-0.2, 0) is 9.59 Å². The molecule has 142 valence electrons. The van der Waals surface area contributed by atoms with E-state index in [0.717, 1.165) is 19.3 Å². The normalized spacial score (nSPS) is 22.4. The molecule has 0 unspecified atom stereocenters. The van der Waals surface area contributed by atoms with Crippen LogP contribution in [0.2, 0.25) is 0 Å². The second-order valence-corrected chi connectivity index (χ2v) is 7.01. The van der Waals surface area contributed by atoms with Gasteiger partial charge in [0, 0.05) is 18.5 Å². The highest BCUT2D eigenvalue weighted by molar-refractivity contribution is 5.94. The van der Waals surface area contributed by atoms with Gasteiger partial charge in [-0.2, -0.15) is 0 Å². The molecular formula is C20H28N2O4. The molecule has 0 saturated heterocycles. The Labute approximate surface area is 154 Å². The number of hydrogen-bond donors (Lipinski definition) is 3. The standard InChI is InChI=1S/C20H28N2O4/c1-2-15-10-12-20(13-11-15,19(25)26)22-17(23)9-6-14-21-18(24)16-7-4-3-5-8-16/h3-5,7-8,15H,2,6,9-14H2,1H3,(H,21,24)(H,22,23)(H,25,26). The number of carbonyl (C=O) groups is 3. The van der Waals surface area contributed by atoms with Crippen molar-refractivity contribution in [3.63, 3.8) is 0 Å². The van der Waals surface area contributed by atoms with Crippen LogP contribution in [0.15, 0.2) is 30.3 Å². The molecule has 1 aromatic carbocycles. The van der Waals surface area contributed by atoms with Crippen molar-refractivity contribution >= 4 is 17.8 Å². The van der Waals surface area contributed by atoms with Crippen molar-refractivity contribution < 1.29 is 19.5 Å². The quantitative estimate of drug-likeness (QED) is 0.621. The van der Waals surface area contributed by atoms with Crippen molar-refractivity contribution in [3.05, 3.63) is 35.9 Å². The van der Waals surface area contributed by atoms with E-state index < -0.39 is 11.5 Å². The first-order valence-electron chi connectivity index (χ1n) is 9.34. The van der Waals surface area contributed by atoms with Crippen molar-refractivity contribution in [1.29, 1.82) is 0 Å². The minimum Gasteiger partial charge on any atom is -0.480 e. The molecule has 0 spiro atoms. The Hall–Kier alpha value is -2.37. The molecule has 0 atom stereocenters. The summed E-state index contributed by atoms with van der Waals surface area (Å²) < 4.78 is 0. The number of rotatable bonds is 8. The van der Waals surface area contributed by atoms with Gasteiger partial charge < -0.3 is 15.7 Å². The van der Waals surface area contributed by atoms with Crippen LogP contribution < -0.4 is 10.6 Å². The summed E-state index contributed by atoms with van der Waals surface area (Å²) in [5.41, 5.74) is -0.551. The first-order valence-corrected chi connectivity index (χ1v) is 9.34. The minimum atomic E-state index is -1.13. The number of aliphatic carboxylic acids is 1. The molecule has 6 nitrogen and oxygen atoms in total. The van der Waals surface area contributed by atoms with E-state index in [2.05, 4.69) is 17.6 Å². The number of benzene rings is 1. The Bertz CT molecular complexity index is 622. The molecule has 0 bridgehead atoms. The molecule has 1 aliphatic carbocycles. The average molecular weight is 360 g/mol. The van der Waals surface area contributed by atoms with Crippen molar-refractivity contribution in [2.45, 2.75) is 57.4 Å². The Balaban J connectivity index is 1.75. The second kappa shape index (κ2) is 9.36. The summed E-state index contributed by atoms with van der Waals surface area (Å²) in [6.45, 7) is 2.49. The fraction of sp³-hybridized carbons (Fsp3) is 0.550. The Morgan fingerprint density at radius 2 is 1.81 bits per heavy atom. The minimum absolute atomic E-state index is 0.175. The number of amides is 2. The van der Waals surface area contributed by atoms with E-state index in [1.807, 2.05) is 6.07 Å². The molecule has 0 heterocycles. The third-order valence-corrected chi connectivity index (χ3v) is 5.23. The lowest BCUT2D eigenvalue weighted by Crippen LogP contribution is -2.56. The molecule has 0 aromatic heterocycles. The summed E-state index contributed by atoms with van der Waals surface area (Å²) in [4.78, 5) is 35.8. The zero-order valence-corrected chi connectivity index (χ0v) is 15.3. The van der Waals surface area contributed by atoms with Crippen molar-refractivity contribution in [2.24, 2.45) is 5.92 Å². The van der Waals surface area contributed by atoms with Crippen LogP contribution in [-0.4, -0.2) is 35.0 Å². The highest BCUT2D eigenvalue weighted by atomic mass is 16.4. The van der Waals surface area contributed by atoms with Crippen LogP contribution in [0.5, 0.6) is 0 Å². The Kier molecular flexibility index (Phi) is 7.18. The fourth-order valence-electron chi connectivity index (χ4n) is 3.44. The van der Waals surface area contributed by atoms with Gasteiger partial charge in [0.15, 0.2) is 0 Å². The lowest BCUT2D eigenvalue weighted by molar-refractivity contribution is -0.149. The molecule has 0 aliphatic heterocycles. The summed E-state index contributed by atoms with van der Waals surface area (Å²) in [6.07, 6.45) is 4.34. The Morgan fingerprint density at radius 1 is 1.15 bits per heavy atom. The maximum atomic E-state index is 12.2. The molecule has 1 fully saturated rings. The van der Waals surface area contributed by atoms with Crippen molar-refractivity contribution in [2.75, 3.05) is 6.54 Å². The maximum absolute atomic E-state index is 12.2. The maximum Gasteiger partial charge on any atom is 0.329 e. The molecule has 6 heteroatoms. The van der Waals surface area contributed by atoms with Crippen LogP contribution in [0, 0.1) is 5.92 Å². The third kappa shape index (κ3) is 5.31. The summed E-state index contributed by atoms with van der Waals surface area (Å²) in [5, 5.41) is 15.1. The molecule has 1 saturated carbocycles. The van der Waals surface area contributed by atoms with Crippen LogP contribution in [0.3, 0.4) is 0 Å². The van der Waals surface area contributed by atoms with Gasteiger partial charge in [-0.25, -0.2) is 4.79 Å². The van der Waals surface area contributed by atoms with Crippen LogP contribution in [0.25, 0.3) is 0 Å². The largest absolute Gasteiger partial charge is 0.480 e. The molecule has 26 heavy (non-hydrogen) atoms. The number of nitrogens with one attached hydrogen (secondary N) is 2. The molecule has 1 aliphatic rings. The molecule has 3 N–H and O–H groups in total. The molecule has 2 amide bonds. The van der Waals surface area contributed by atoms with Gasteiger partial charge in [-0.1, -0.05) is 31.5 Å². The van der Waals surface area contributed by atoms with E-state index in [-0.39, 0.29) is 18.2 Å². The van der Waals surface area contributed by atoms with Gasteiger partial charge in [-0.05, 0) is 50.2 Å². The summed E-state index contributed by atoms with van der Waals surface area (Å²) in [6, 6.07) is 8.88. The van der Waals surface area contributed by atoms with E-state index in [0.29, 0.717) is 37.3 Å². The van der Waals surface area contributed by atoms with Crippen molar-refractivity contribution in [1.82, 2.24) is 10.6 Å². The number of hydrogen-bond acceptors (Lipinski definition) is 3. The lowest BCUT2D eigenvalue weighted by Gasteiger charge is -2.37. The highest BCUT2D eigenvalue weighted by Gasteiger charge is 2.42. The highest BCUT2D eigenvalue weighted by Crippen LogP contribution is 2.34. The fourth-order valence-corrected chi connectivity index (χ4v) is 3.44. The van der Waals surface area contributed by atoms with Crippen LogP contribution in [0.1, 0.15) is 62.2 Å². The van der Waals surface area contributed by atoms with E-state index in [1.165, 1.54) is 0 Å². The predicted molar refractivity (Wildman–Crippen MR) is 98.8 cm³/mol. The van der Waals surface area contributed by atoms with Crippen molar-refractivity contribution in [3.8, 4) is 0 Å².